The predicted molar refractivity (Wildman–Crippen MR) is 90.7 cm³/mol. The first-order valence-corrected chi connectivity index (χ1v) is 9.60. The van der Waals surface area contributed by atoms with Crippen molar-refractivity contribution >= 4 is 22.4 Å². The monoisotopic (exact) mass is 346 g/mol. The number of nitrogens with one attached hydrogen (secondary N) is 1. The van der Waals surface area contributed by atoms with Gasteiger partial charge >= 0.3 is 0 Å². The van der Waals surface area contributed by atoms with Crippen LogP contribution in [0.2, 0.25) is 0 Å². The maximum absolute atomic E-state index is 12.5. The Morgan fingerprint density at radius 3 is 2.83 bits per heavy atom. The minimum absolute atomic E-state index is 0.107. The van der Waals surface area contributed by atoms with Gasteiger partial charge in [0.25, 0.3) is 0 Å². The number of rotatable bonds is 4. The second-order valence-corrected chi connectivity index (χ2v) is 7.92. The summed E-state index contributed by atoms with van der Waals surface area (Å²) in [4.78, 5) is 18.5. The van der Waals surface area contributed by atoms with Crippen LogP contribution in [0.1, 0.15) is 49.1 Å². The molecule has 2 aliphatic carbocycles. The van der Waals surface area contributed by atoms with Gasteiger partial charge in [-0.15, -0.1) is 16.4 Å². The van der Waals surface area contributed by atoms with E-state index in [4.69, 9.17) is 0 Å². The van der Waals surface area contributed by atoms with Gasteiger partial charge in [0.2, 0.25) is 5.91 Å². The molecular formula is C16H22N6OS. The number of aromatic nitrogens is 5. The number of nitrogens with zero attached hydrogens (tertiary/aromatic N) is 5. The van der Waals surface area contributed by atoms with Gasteiger partial charge in [-0.2, -0.15) is 0 Å². The molecule has 7 nitrogen and oxygen atoms in total. The third-order valence-corrected chi connectivity index (χ3v) is 6.20. The average Bonchev–Trinajstić information content (AvgIpc) is 3.24. The summed E-state index contributed by atoms with van der Waals surface area (Å²) >= 11 is 1.66. The van der Waals surface area contributed by atoms with Crippen molar-refractivity contribution in [3.8, 4) is 0 Å². The lowest BCUT2D eigenvalue weighted by Crippen LogP contribution is -2.28. The molecule has 2 aromatic rings. The van der Waals surface area contributed by atoms with E-state index in [1.165, 1.54) is 23.4 Å². The molecule has 2 aromatic heterocycles. The largest absolute Gasteiger partial charge is 0.302 e. The van der Waals surface area contributed by atoms with Crippen LogP contribution < -0.4 is 5.32 Å². The Morgan fingerprint density at radius 2 is 2.08 bits per heavy atom. The smallest absolute Gasteiger partial charge is 0.229 e. The van der Waals surface area contributed by atoms with Crippen LogP contribution in [0.15, 0.2) is 6.33 Å². The van der Waals surface area contributed by atoms with E-state index in [9.17, 15) is 4.79 Å². The third-order valence-electron chi connectivity index (χ3n) is 5.13. The number of anilines is 1. The van der Waals surface area contributed by atoms with Crippen LogP contribution in [0.25, 0.3) is 0 Å². The molecule has 128 valence electrons. The molecule has 0 aromatic carbocycles. The predicted octanol–water partition coefficient (Wildman–Crippen LogP) is 2.45. The summed E-state index contributed by atoms with van der Waals surface area (Å²) in [5, 5.41) is 15.1. The fourth-order valence-corrected chi connectivity index (χ4v) is 4.80. The maximum Gasteiger partial charge on any atom is 0.229 e. The molecule has 0 spiro atoms. The highest BCUT2D eigenvalue weighted by Crippen LogP contribution is 2.33. The minimum atomic E-state index is 0.107. The lowest BCUT2D eigenvalue weighted by atomic mass is 9.81. The van der Waals surface area contributed by atoms with Crippen molar-refractivity contribution in [3.05, 3.63) is 16.9 Å². The highest BCUT2D eigenvalue weighted by molar-refractivity contribution is 7.15. The van der Waals surface area contributed by atoms with Crippen molar-refractivity contribution in [2.75, 3.05) is 5.32 Å². The number of amides is 1. The molecule has 24 heavy (non-hydrogen) atoms. The number of carbonyl (C=O) groups excluding carboxylic acids is 1. The number of tetrazole rings is 1. The van der Waals surface area contributed by atoms with Gasteiger partial charge in [0.1, 0.15) is 6.33 Å². The van der Waals surface area contributed by atoms with Crippen LogP contribution in [0.4, 0.5) is 5.13 Å². The van der Waals surface area contributed by atoms with Gasteiger partial charge in [-0.05, 0) is 67.7 Å². The second kappa shape index (κ2) is 6.96. The molecule has 1 fully saturated rings. The van der Waals surface area contributed by atoms with E-state index in [1.54, 1.807) is 22.3 Å². The Hall–Kier alpha value is -1.83. The van der Waals surface area contributed by atoms with E-state index in [0.717, 1.165) is 50.2 Å². The second-order valence-electron chi connectivity index (χ2n) is 6.83. The van der Waals surface area contributed by atoms with E-state index >= 15 is 0 Å². The van der Waals surface area contributed by atoms with Crippen LogP contribution in [-0.2, 0) is 24.2 Å². The summed E-state index contributed by atoms with van der Waals surface area (Å²) in [7, 11) is 0. The lowest BCUT2D eigenvalue weighted by molar-refractivity contribution is -0.121. The zero-order chi connectivity index (χ0) is 16.4. The quantitative estimate of drug-likeness (QED) is 0.919. The molecule has 1 N–H and O–H groups in total. The van der Waals surface area contributed by atoms with E-state index in [-0.39, 0.29) is 11.8 Å². The molecule has 4 rings (SSSR count). The van der Waals surface area contributed by atoms with Crippen LogP contribution in [0.3, 0.4) is 0 Å². The van der Waals surface area contributed by atoms with Crippen molar-refractivity contribution in [2.24, 2.45) is 11.8 Å². The van der Waals surface area contributed by atoms with Gasteiger partial charge in [0.05, 0.1) is 5.69 Å². The molecule has 0 aliphatic heterocycles. The molecule has 0 bridgehead atoms. The number of hydrogen-bond donors (Lipinski definition) is 1. The van der Waals surface area contributed by atoms with Crippen LogP contribution >= 0.6 is 11.3 Å². The number of fused-ring (bicyclic) bond motifs is 1. The first kappa shape index (κ1) is 15.7. The van der Waals surface area contributed by atoms with Crippen molar-refractivity contribution in [3.63, 3.8) is 0 Å². The fraction of sp³-hybridized carbons (Fsp3) is 0.688. The molecule has 0 saturated heterocycles. The Kier molecular flexibility index (Phi) is 4.55. The summed E-state index contributed by atoms with van der Waals surface area (Å²) in [6.07, 6.45) is 10.3. The molecule has 0 atom stereocenters. The SMILES string of the molecule is O=C(Nc1nc2c(s1)CCCC2)C1CCC(Cn2cnnn2)CC1. The molecule has 0 unspecified atom stereocenters. The van der Waals surface area contributed by atoms with E-state index in [1.807, 2.05) is 0 Å². The number of thiazole rings is 1. The number of carbonyl (C=O) groups is 1. The minimum Gasteiger partial charge on any atom is -0.302 e. The lowest BCUT2D eigenvalue weighted by Gasteiger charge is -2.27. The molecule has 1 saturated carbocycles. The van der Waals surface area contributed by atoms with Crippen LogP contribution in [0, 0.1) is 11.8 Å². The van der Waals surface area contributed by atoms with Gasteiger partial charge in [-0.1, -0.05) is 0 Å². The number of aryl methyl sites for hydroxylation is 2. The van der Waals surface area contributed by atoms with Crippen LogP contribution in [-0.4, -0.2) is 31.1 Å². The molecule has 0 radical (unpaired) electrons. The zero-order valence-corrected chi connectivity index (χ0v) is 14.5. The third kappa shape index (κ3) is 3.48. The topological polar surface area (TPSA) is 85.6 Å². The maximum atomic E-state index is 12.5. The Labute approximate surface area is 144 Å². The Morgan fingerprint density at radius 1 is 1.25 bits per heavy atom. The van der Waals surface area contributed by atoms with Crippen LogP contribution in [0.5, 0.6) is 0 Å². The van der Waals surface area contributed by atoms with Gasteiger partial charge in [-0.3, -0.25) is 4.79 Å². The molecule has 2 heterocycles. The molecular weight excluding hydrogens is 324 g/mol. The highest BCUT2D eigenvalue weighted by atomic mass is 32.1. The van der Waals surface area contributed by atoms with Crippen molar-refractivity contribution < 1.29 is 4.79 Å². The Balaban J connectivity index is 1.29. The standard InChI is InChI=1S/C16H22N6OS/c23-15(19-16-18-13-3-1-2-4-14(13)24-16)12-7-5-11(6-8-12)9-22-10-17-20-21-22/h10-12H,1-9H2,(H,18,19,23). The van der Waals surface area contributed by atoms with Crippen molar-refractivity contribution in [2.45, 2.75) is 57.9 Å². The summed E-state index contributed by atoms with van der Waals surface area (Å²) in [6.45, 7) is 0.848. The first-order chi connectivity index (χ1) is 11.8. The summed E-state index contributed by atoms with van der Waals surface area (Å²) < 4.78 is 1.78. The molecule has 8 heteroatoms. The van der Waals surface area contributed by atoms with E-state index in [2.05, 4.69) is 25.8 Å². The van der Waals surface area contributed by atoms with Gasteiger partial charge in [0.15, 0.2) is 5.13 Å². The average molecular weight is 346 g/mol. The number of hydrogen-bond acceptors (Lipinski definition) is 6. The molecule has 1 amide bonds. The zero-order valence-electron chi connectivity index (χ0n) is 13.6. The summed E-state index contributed by atoms with van der Waals surface area (Å²) in [5.74, 6) is 0.808. The van der Waals surface area contributed by atoms with Crippen molar-refractivity contribution in [1.82, 2.24) is 25.2 Å². The summed E-state index contributed by atoms with van der Waals surface area (Å²) in [5.41, 5.74) is 1.20. The normalized spacial score (nSPS) is 23.7. The highest BCUT2D eigenvalue weighted by Gasteiger charge is 2.27. The van der Waals surface area contributed by atoms with E-state index < -0.39 is 0 Å². The Bertz CT molecular complexity index is 666. The first-order valence-electron chi connectivity index (χ1n) is 8.78. The fourth-order valence-electron chi connectivity index (χ4n) is 3.75. The van der Waals surface area contributed by atoms with Gasteiger partial charge < -0.3 is 5.32 Å². The summed E-state index contributed by atoms with van der Waals surface area (Å²) in [6, 6.07) is 0. The van der Waals surface area contributed by atoms with Gasteiger partial charge in [-0.25, -0.2) is 9.67 Å². The van der Waals surface area contributed by atoms with Gasteiger partial charge in [0, 0.05) is 17.3 Å². The van der Waals surface area contributed by atoms with Crippen molar-refractivity contribution in [1.29, 1.82) is 0 Å². The van der Waals surface area contributed by atoms with E-state index in [0.29, 0.717) is 5.92 Å². The molecule has 2 aliphatic rings.